The van der Waals surface area contributed by atoms with Gasteiger partial charge in [0.05, 0.1) is 6.10 Å². The first-order chi connectivity index (χ1) is 10.8. The first kappa shape index (κ1) is 15.3. The molecular weight excluding hydrogens is 276 g/mol. The molecule has 4 heteroatoms. The molecule has 0 unspecified atom stereocenters. The quantitative estimate of drug-likeness (QED) is 0.930. The van der Waals surface area contributed by atoms with E-state index in [-0.39, 0.29) is 5.91 Å². The van der Waals surface area contributed by atoms with E-state index in [9.17, 15) is 4.79 Å². The van der Waals surface area contributed by atoms with E-state index in [1.807, 2.05) is 29.2 Å². The predicted octanol–water partition coefficient (Wildman–Crippen LogP) is 2.82. The van der Waals surface area contributed by atoms with Crippen LogP contribution in [-0.4, -0.2) is 36.5 Å². The van der Waals surface area contributed by atoms with Crippen molar-refractivity contribution in [3.8, 4) is 5.75 Å². The highest BCUT2D eigenvalue weighted by Crippen LogP contribution is 2.25. The van der Waals surface area contributed by atoms with Crippen LogP contribution in [-0.2, 0) is 0 Å². The Balaban J connectivity index is 1.62. The lowest BCUT2D eigenvalue weighted by atomic mass is 9.96. The molecular formula is C18H26N2O2. The Hall–Kier alpha value is -1.55. The van der Waals surface area contributed by atoms with Crippen LogP contribution in [0.1, 0.15) is 48.9 Å². The second kappa shape index (κ2) is 7.14. The Labute approximate surface area is 132 Å². The van der Waals surface area contributed by atoms with Gasteiger partial charge in [-0.3, -0.25) is 4.79 Å². The molecule has 1 aromatic carbocycles. The van der Waals surface area contributed by atoms with Crippen molar-refractivity contribution in [3.05, 3.63) is 29.8 Å². The number of nitrogens with two attached hydrogens (primary N) is 1. The van der Waals surface area contributed by atoms with E-state index in [4.69, 9.17) is 10.5 Å². The second-order valence-electron chi connectivity index (χ2n) is 6.52. The highest BCUT2D eigenvalue weighted by atomic mass is 16.5. The van der Waals surface area contributed by atoms with Gasteiger partial charge >= 0.3 is 0 Å². The fraction of sp³-hybridized carbons (Fsp3) is 0.611. The second-order valence-corrected chi connectivity index (χ2v) is 6.52. The van der Waals surface area contributed by atoms with Crippen molar-refractivity contribution >= 4 is 5.91 Å². The van der Waals surface area contributed by atoms with E-state index in [0.717, 1.165) is 56.6 Å². The molecule has 1 amide bonds. The van der Waals surface area contributed by atoms with E-state index >= 15 is 0 Å². The van der Waals surface area contributed by atoms with Crippen LogP contribution in [0.5, 0.6) is 5.75 Å². The minimum absolute atomic E-state index is 0.118. The maximum Gasteiger partial charge on any atom is 0.253 e. The van der Waals surface area contributed by atoms with Crippen LogP contribution >= 0.6 is 0 Å². The summed E-state index contributed by atoms with van der Waals surface area (Å²) < 4.78 is 6.00. The summed E-state index contributed by atoms with van der Waals surface area (Å²) in [5, 5.41) is 0. The molecule has 0 atom stereocenters. The van der Waals surface area contributed by atoms with E-state index < -0.39 is 0 Å². The minimum Gasteiger partial charge on any atom is -0.490 e. The third-order valence-corrected chi connectivity index (χ3v) is 4.92. The zero-order chi connectivity index (χ0) is 15.4. The number of carbonyl (C=O) groups is 1. The van der Waals surface area contributed by atoms with Crippen molar-refractivity contribution in [2.24, 2.45) is 11.7 Å². The van der Waals surface area contributed by atoms with Crippen molar-refractivity contribution in [3.63, 3.8) is 0 Å². The van der Waals surface area contributed by atoms with Crippen LogP contribution in [0, 0.1) is 5.92 Å². The van der Waals surface area contributed by atoms with E-state index in [0.29, 0.717) is 12.0 Å². The lowest BCUT2D eigenvalue weighted by Gasteiger charge is -2.31. The Kier molecular flexibility index (Phi) is 4.98. The van der Waals surface area contributed by atoms with Crippen LogP contribution in [0.3, 0.4) is 0 Å². The van der Waals surface area contributed by atoms with Gasteiger partial charge in [0.25, 0.3) is 5.91 Å². The van der Waals surface area contributed by atoms with Crippen LogP contribution in [0.2, 0.25) is 0 Å². The van der Waals surface area contributed by atoms with Gasteiger partial charge in [0.15, 0.2) is 0 Å². The first-order valence-corrected chi connectivity index (χ1v) is 8.52. The van der Waals surface area contributed by atoms with E-state index in [1.54, 1.807) is 0 Å². The van der Waals surface area contributed by atoms with Gasteiger partial charge in [-0.2, -0.15) is 0 Å². The molecule has 1 aliphatic carbocycles. The molecule has 120 valence electrons. The highest BCUT2D eigenvalue weighted by Gasteiger charge is 2.23. The van der Waals surface area contributed by atoms with Crippen LogP contribution < -0.4 is 10.5 Å². The Morgan fingerprint density at radius 1 is 1.18 bits per heavy atom. The summed E-state index contributed by atoms with van der Waals surface area (Å²) in [6, 6.07) is 7.66. The van der Waals surface area contributed by atoms with Crippen molar-refractivity contribution in [2.45, 2.75) is 44.6 Å². The predicted molar refractivity (Wildman–Crippen MR) is 87.0 cm³/mol. The van der Waals surface area contributed by atoms with Crippen molar-refractivity contribution in [1.82, 2.24) is 4.90 Å². The fourth-order valence-corrected chi connectivity index (χ4v) is 3.46. The lowest BCUT2D eigenvalue weighted by Crippen LogP contribution is -2.40. The summed E-state index contributed by atoms with van der Waals surface area (Å²) in [6.07, 6.45) is 7.11. The number of rotatable bonds is 4. The molecule has 1 saturated carbocycles. The molecule has 2 fully saturated rings. The third-order valence-electron chi connectivity index (χ3n) is 4.92. The minimum atomic E-state index is 0.118. The Bertz CT molecular complexity index is 504. The molecule has 3 rings (SSSR count). The number of piperidine rings is 1. The number of amides is 1. The van der Waals surface area contributed by atoms with Gasteiger partial charge < -0.3 is 15.4 Å². The monoisotopic (exact) mass is 302 g/mol. The molecule has 1 saturated heterocycles. The number of hydrogen-bond donors (Lipinski definition) is 1. The summed E-state index contributed by atoms with van der Waals surface area (Å²) in [6.45, 7) is 2.36. The van der Waals surface area contributed by atoms with Gasteiger partial charge in [0.2, 0.25) is 0 Å². The third kappa shape index (κ3) is 3.61. The van der Waals surface area contributed by atoms with Gasteiger partial charge in [0, 0.05) is 18.7 Å². The van der Waals surface area contributed by atoms with Crippen molar-refractivity contribution in [1.29, 1.82) is 0 Å². The molecule has 2 N–H and O–H groups in total. The molecule has 1 aromatic rings. The maximum atomic E-state index is 12.6. The molecule has 22 heavy (non-hydrogen) atoms. The summed E-state index contributed by atoms with van der Waals surface area (Å²) in [7, 11) is 0. The summed E-state index contributed by atoms with van der Waals surface area (Å²) in [5.41, 5.74) is 6.45. The van der Waals surface area contributed by atoms with Gasteiger partial charge in [0.1, 0.15) is 5.75 Å². The number of ether oxygens (including phenoxy) is 1. The van der Waals surface area contributed by atoms with Gasteiger partial charge in [-0.25, -0.2) is 0 Å². The Morgan fingerprint density at radius 3 is 2.59 bits per heavy atom. The van der Waals surface area contributed by atoms with Gasteiger partial charge in [-0.05, 0) is 69.2 Å². The average Bonchev–Trinajstić information content (AvgIpc) is 3.07. The molecule has 0 radical (unpaired) electrons. The smallest absolute Gasteiger partial charge is 0.253 e. The number of nitrogens with zero attached hydrogens (tertiary/aromatic N) is 1. The largest absolute Gasteiger partial charge is 0.490 e. The maximum absolute atomic E-state index is 12.6. The molecule has 0 spiro atoms. The molecule has 0 bridgehead atoms. The van der Waals surface area contributed by atoms with Gasteiger partial charge in [-0.15, -0.1) is 0 Å². The van der Waals surface area contributed by atoms with Crippen LogP contribution in [0.25, 0.3) is 0 Å². The standard InChI is InChI=1S/C18H26N2O2/c19-13-14-8-10-20(11-9-14)18(21)15-4-3-7-17(12-15)22-16-5-1-2-6-16/h3-4,7,12,14,16H,1-2,5-6,8-11,13,19H2. The van der Waals surface area contributed by atoms with E-state index in [2.05, 4.69) is 0 Å². The lowest BCUT2D eigenvalue weighted by molar-refractivity contribution is 0.0692. The summed E-state index contributed by atoms with van der Waals surface area (Å²) in [5.74, 6) is 1.52. The molecule has 1 aliphatic heterocycles. The zero-order valence-electron chi connectivity index (χ0n) is 13.2. The number of likely N-dealkylation sites (tertiary alicyclic amines) is 1. The number of carbonyl (C=O) groups excluding carboxylic acids is 1. The van der Waals surface area contributed by atoms with E-state index in [1.165, 1.54) is 12.8 Å². The normalized spacial score (nSPS) is 20.3. The topological polar surface area (TPSA) is 55.6 Å². The van der Waals surface area contributed by atoms with Crippen LogP contribution in [0.4, 0.5) is 0 Å². The highest BCUT2D eigenvalue weighted by molar-refractivity contribution is 5.94. The summed E-state index contributed by atoms with van der Waals surface area (Å²) >= 11 is 0. The molecule has 4 nitrogen and oxygen atoms in total. The molecule has 0 aromatic heterocycles. The number of benzene rings is 1. The average molecular weight is 302 g/mol. The SMILES string of the molecule is NCC1CCN(C(=O)c2cccc(OC3CCCC3)c2)CC1. The Morgan fingerprint density at radius 2 is 1.91 bits per heavy atom. The first-order valence-electron chi connectivity index (χ1n) is 8.52. The van der Waals surface area contributed by atoms with Crippen molar-refractivity contribution in [2.75, 3.05) is 19.6 Å². The number of hydrogen-bond acceptors (Lipinski definition) is 3. The van der Waals surface area contributed by atoms with Crippen LogP contribution in [0.15, 0.2) is 24.3 Å². The molecule has 2 aliphatic rings. The van der Waals surface area contributed by atoms with Gasteiger partial charge in [-0.1, -0.05) is 6.07 Å². The van der Waals surface area contributed by atoms with Crippen molar-refractivity contribution < 1.29 is 9.53 Å². The fourth-order valence-electron chi connectivity index (χ4n) is 3.46. The zero-order valence-corrected chi connectivity index (χ0v) is 13.2. The molecule has 1 heterocycles. The summed E-state index contributed by atoms with van der Waals surface area (Å²) in [4.78, 5) is 14.6.